The molecule has 0 heterocycles. The second-order valence-corrected chi connectivity index (χ2v) is 5.80. The lowest BCUT2D eigenvalue weighted by Crippen LogP contribution is -2.29. The van der Waals surface area contributed by atoms with Gasteiger partial charge >= 0.3 is 0 Å². The molecule has 1 aliphatic rings. The zero-order chi connectivity index (χ0) is 12.3. The van der Waals surface area contributed by atoms with E-state index in [0.29, 0.717) is 12.1 Å². The van der Waals surface area contributed by atoms with Crippen molar-refractivity contribution in [1.29, 1.82) is 0 Å². The van der Waals surface area contributed by atoms with Crippen molar-refractivity contribution in [2.75, 3.05) is 12.4 Å². The van der Waals surface area contributed by atoms with E-state index in [1.54, 1.807) is 7.11 Å². The Bertz CT molecular complexity index is 378. The summed E-state index contributed by atoms with van der Waals surface area (Å²) in [7, 11) is 1.80. The van der Waals surface area contributed by atoms with E-state index in [2.05, 4.69) is 21.2 Å². The fourth-order valence-electron chi connectivity index (χ4n) is 2.27. The Labute approximate surface area is 116 Å². The minimum Gasteiger partial charge on any atom is -0.381 e. The van der Waals surface area contributed by atoms with Crippen LogP contribution in [0.3, 0.4) is 0 Å². The smallest absolute Gasteiger partial charge is 0.0648 e. The molecular weight excluding hydrogens is 302 g/mol. The monoisotopic (exact) mass is 317 g/mol. The summed E-state index contributed by atoms with van der Waals surface area (Å²) in [5, 5.41) is 4.28. The van der Waals surface area contributed by atoms with Crippen LogP contribution >= 0.6 is 27.5 Å². The van der Waals surface area contributed by atoms with Crippen molar-refractivity contribution in [3.8, 4) is 0 Å². The molecule has 0 atom stereocenters. The Morgan fingerprint density at radius 1 is 1.29 bits per heavy atom. The molecule has 94 valence electrons. The van der Waals surface area contributed by atoms with Crippen molar-refractivity contribution in [2.45, 2.75) is 37.8 Å². The van der Waals surface area contributed by atoms with Crippen LogP contribution in [-0.4, -0.2) is 19.3 Å². The lowest BCUT2D eigenvalue weighted by atomic mass is 9.93. The highest BCUT2D eigenvalue weighted by Gasteiger charge is 2.20. The second-order valence-electron chi connectivity index (χ2n) is 4.48. The van der Waals surface area contributed by atoms with Gasteiger partial charge in [0.1, 0.15) is 0 Å². The summed E-state index contributed by atoms with van der Waals surface area (Å²) in [5.74, 6) is 0. The summed E-state index contributed by atoms with van der Waals surface area (Å²) in [6, 6.07) is 6.47. The van der Waals surface area contributed by atoms with E-state index in [-0.39, 0.29) is 0 Å². The Hall–Kier alpha value is -0.250. The molecule has 0 unspecified atom stereocenters. The van der Waals surface area contributed by atoms with Gasteiger partial charge in [0.15, 0.2) is 0 Å². The van der Waals surface area contributed by atoms with Gasteiger partial charge < -0.3 is 10.1 Å². The van der Waals surface area contributed by atoms with E-state index < -0.39 is 0 Å². The lowest BCUT2D eigenvalue weighted by Gasteiger charge is -2.29. The first-order chi connectivity index (χ1) is 8.19. The zero-order valence-electron chi connectivity index (χ0n) is 9.88. The molecule has 1 N–H and O–H groups in total. The molecular formula is C13H17BrClNO. The second kappa shape index (κ2) is 6.07. The van der Waals surface area contributed by atoms with E-state index in [0.717, 1.165) is 40.9 Å². The molecule has 1 aromatic rings. The van der Waals surface area contributed by atoms with E-state index in [1.165, 1.54) is 0 Å². The van der Waals surface area contributed by atoms with Gasteiger partial charge in [-0.15, -0.1) is 0 Å². The van der Waals surface area contributed by atoms with Crippen molar-refractivity contribution >= 4 is 33.2 Å². The van der Waals surface area contributed by atoms with Crippen LogP contribution in [0.25, 0.3) is 0 Å². The van der Waals surface area contributed by atoms with Crippen LogP contribution in [0.15, 0.2) is 22.7 Å². The summed E-state index contributed by atoms with van der Waals surface area (Å²) >= 11 is 9.60. The first kappa shape index (κ1) is 13.2. The molecule has 1 aliphatic carbocycles. The van der Waals surface area contributed by atoms with Crippen LogP contribution < -0.4 is 5.32 Å². The molecule has 2 rings (SSSR count). The number of methoxy groups -OCH3 is 1. The fraction of sp³-hybridized carbons (Fsp3) is 0.538. The summed E-state index contributed by atoms with van der Waals surface area (Å²) in [6.45, 7) is 0. The van der Waals surface area contributed by atoms with Crippen LogP contribution in [0, 0.1) is 0 Å². The van der Waals surface area contributed by atoms with E-state index in [4.69, 9.17) is 16.3 Å². The highest BCUT2D eigenvalue weighted by molar-refractivity contribution is 9.10. The maximum absolute atomic E-state index is 6.19. The fourth-order valence-corrected chi connectivity index (χ4v) is 3.00. The normalized spacial score (nSPS) is 24.6. The number of benzene rings is 1. The van der Waals surface area contributed by atoms with Gasteiger partial charge in [-0.2, -0.15) is 0 Å². The van der Waals surface area contributed by atoms with Crippen molar-refractivity contribution in [2.24, 2.45) is 0 Å². The third-order valence-electron chi connectivity index (χ3n) is 3.30. The lowest BCUT2D eigenvalue weighted by molar-refractivity contribution is 0.0682. The zero-order valence-corrected chi connectivity index (χ0v) is 12.2. The Kier molecular flexibility index (Phi) is 4.71. The predicted molar refractivity (Wildman–Crippen MR) is 75.8 cm³/mol. The standard InChI is InChI=1S/C13H17BrClNO/c1-17-11-5-3-10(4-6-11)16-13-7-2-9(14)8-12(13)15/h2,7-8,10-11,16H,3-6H2,1H3. The number of halogens is 2. The minimum absolute atomic E-state index is 0.438. The van der Waals surface area contributed by atoms with Crippen molar-refractivity contribution in [3.05, 3.63) is 27.7 Å². The first-order valence-corrected chi connectivity index (χ1v) is 7.10. The summed E-state index contributed by atoms with van der Waals surface area (Å²) < 4.78 is 6.38. The molecule has 0 saturated heterocycles. The molecule has 0 amide bonds. The van der Waals surface area contributed by atoms with Crippen LogP contribution in [0.4, 0.5) is 5.69 Å². The molecule has 1 fully saturated rings. The molecule has 4 heteroatoms. The molecule has 2 nitrogen and oxygen atoms in total. The molecule has 1 saturated carbocycles. The van der Waals surface area contributed by atoms with Crippen LogP contribution in [0.5, 0.6) is 0 Å². The first-order valence-electron chi connectivity index (χ1n) is 5.93. The Morgan fingerprint density at radius 2 is 2.00 bits per heavy atom. The van der Waals surface area contributed by atoms with E-state index in [1.807, 2.05) is 18.2 Å². The molecule has 0 bridgehead atoms. The maximum Gasteiger partial charge on any atom is 0.0648 e. The quantitative estimate of drug-likeness (QED) is 0.887. The Balaban J connectivity index is 1.93. The van der Waals surface area contributed by atoms with Gasteiger partial charge in [-0.3, -0.25) is 0 Å². The van der Waals surface area contributed by atoms with Gasteiger partial charge in [0.05, 0.1) is 16.8 Å². The summed E-state index contributed by atoms with van der Waals surface area (Å²) in [4.78, 5) is 0. The topological polar surface area (TPSA) is 21.3 Å². The van der Waals surface area contributed by atoms with Crippen molar-refractivity contribution < 1.29 is 4.74 Å². The summed E-state index contributed by atoms with van der Waals surface area (Å²) in [5.41, 5.74) is 1.02. The van der Waals surface area contributed by atoms with Crippen molar-refractivity contribution in [1.82, 2.24) is 0 Å². The number of hydrogen-bond donors (Lipinski definition) is 1. The third-order valence-corrected chi connectivity index (χ3v) is 4.10. The maximum atomic E-state index is 6.19. The van der Waals surface area contributed by atoms with Crippen molar-refractivity contribution in [3.63, 3.8) is 0 Å². The van der Waals surface area contributed by atoms with Gasteiger partial charge in [0.2, 0.25) is 0 Å². The average Bonchev–Trinajstić information content (AvgIpc) is 2.34. The van der Waals surface area contributed by atoms with Gasteiger partial charge in [0, 0.05) is 17.6 Å². The molecule has 0 aromatic heterocycles. The third kappa shape index (κ3) is 3.60. The van der Waals surface area contributed by atoms with E-state index in [9.17, 15) is 0 Å². The van der Waals surface area contributed by atoms with Gasteiger partial charge in [0.25, 0.3) is 0 Å². The number of rotatable bonds is 3. The van der Waals surface area contributed by atoms with Gasteiger partial charge in [-0.1, -0.05) is 27.5 Å². The van der Waals surface area contributed by atoms with Crippen LogP contribution in [0.2, 0.25) is 5.02 Å². The SMILES string of the molecule is COC1CCC(Nc2ccc(Br)cc2Cl)CC1. The summed E-state index contributed by atoms with van der Waals surface area (Å²) in [6.07, 6.45) is 4.98. The number of hydrogen-bond acceptors (Lipinski definition) is 2. The molecule has 0 radical (unpaired) electrons. The molecule has 0 aliphatic heterocycles. The van der Waals surface area contributed by atoms with E-state index >= 15 is 0 Å². The molecule has 1 aromatic carbocycles. The highest BCUT2D eigenvalue weighted by Crippen LogP contribution is 2.29. The highest BCUT2D eigenvalue weighted by atomic mass is 79.9. The average molecular weight is 319 g/mol. The number of nitrogens with one attached hydrogen (secondary N) is 1. The Morgan fingerprint density at radius 3 is 2.59 bits per heavy atom. The van der Waals surface area contributed by atoms with Gasteiger partial charge in [-0.25, -0.2) is 0 Å². The van der Waals surface area contributed by atoms with Crippen LogP contribution in [0.1, 0.15) is 25.7 Å². The van der Waals surface area contributed by atoms with Gasteiger partial charge in [-0.05, 0) is 43.9 Å². The number of anilines is 1. The van der Waals surface area contributed by atoms with Crippen LogP contribution in [-0.2, 0) is 4.74 Å². The number of ether oxygens (including phenoxy) is 1. The minimum atomic E-state index is 0.438. The largest absolute Gasteiger partial charge is 0.381 e. The predicted octanol–water partition coefficient (Wildman–Crippen LogP) is 4.47. The molecule has 0 spiro atoms. The molecule has 17 heavy (non-hydrogen) atoms.